The molecule has 1 saturated carbocycles. The van der Waals surface area contributed by atoms with Gasteiger partial charge in [0.1, 0.15) is 11.5 Å². The van der Waals surface area contributed by atoms with Gasteiger partial charge in [0.25, 0.3) is 5.56 Å². The van der Waals surface area contributed by atoms with Gasteiger partial charge in [-0.15, -0.1) is 0 Å². The van der Waals surface area contributed by atoms with Crippen molar-refractivity contribution < 1.29 is 18.3 Å². The van der Waals surface area contributed by atoms with Gasteiger partial charge < -0.3 is 4.74 Å². The maximum absolute atomic E-state index is 13.3. The minimum Gasteiger partial charge on any atom is -0.435 e. The van der Waals surface area contributed by atoms with Gasteiger partial charge in [-0.3, -0.25) is 14.2 Å². The summed E-state index contributed by atoms with van der Waals surface area (Å²) in [5.41, 5.74) is 0.759. The molecule has 1 fully saturated rings. The fourth-order valence-electron chi connectivity index (χ4n) is 3.58. The van der Waals surface area contributed by atoms with Gasteiger partial charge in [-0.25, -0.2) is 4.98 Å². The molecule has 30 heavy (non-hydrogen) atoms. The molecule has 1 aliphatic rings. The van der Waals surface area contributed by atoms with Crippen LogP contribution in [0.15, 0.2) is 58.5 Å². The fourth-order valence-corrected chi connectivity index (χ4v) is 4.81. The Kier molecular flexibility index (Phi) is 6.13. The molecule has 5 nitrogen and oxygen atoms in total. The van der Waals surface area contributed by atoms with Gasteiger partial charge in [-0.05, 0) is 49.2 Å². The van der Waals surface area contributed by atoms with E-state index in [1.807, 2.05) is 0 Å². The van der Waals surface area contributed by atoms with Crippen LogP contribution in [0.3, 0.4) is 0 Å². The molecule has 0 radical (unpaired) electrons. The molecule has 1 unspecified atom stereocenters. The number of alkyl halides is 2. The van der Waals surface area contributed by atoms with Gasteiger partial charge in [0.05, 0.1) is 21.8 Å². The Bertz CT molecular complexity index is 1120. The largest absolute Gasteiger partial charge is 0.435 e. The third-order valence-corrected chi connectivity index (χ3v) is 6.33. The Labute approximate surface area is 176 Å². The zero-order valence-corrected chi connectivity index (χ0v) is 16.9. The molecular formula is C22H20F2N2O3S. The molecule has 8 heteroatoms. The van der Waals surface area contributed by atoms with Crippen LogP contribution in [-0.4, -0.2) is 27.2 Å². The summed E-state index contributed by atoms with van der Waals surface area (Å²) < 4.78 is 30.7. The van der Waals surface area contributed by atoms with Crippen molar-refractivity contribution in [3.05, 3.63) is 58.9 Å². The molecule has 0 spiro atoms. The highest BCUT2D eigenvalue weighted by atomic mass is 32.2. The number of carbonyl (C=O) groups excluding carboxylic acids is 1. The zero-order chi connectivity index (χ0) is 21.1. The number of para-hydroxylation sites is 1. The molecule has 1 aromatic heterocycles. The smallest absolute Gasteiger partial charge is 0.387 e. The maximum atomic E-state index is 13.3. The van der Waals surface area contributed by atoms with Crippen LogP contribution < -0.4 is 10.3 Å². The number of thioether (sulfide) groups is 1. The summed E-state index contributed by atoms with van der Waals surface area (Å²) in [7, 11) is 0. The van der Waals surface area contributed by atoms with E-state index in [4.69, 9.17) is 0 Å². The number of hydrogen-bond donors (Lipinski definition) is 0. The number of nitrogens with zero attached hydrogens (tertiary/aromatic N) is 2. The molecular weight excluding hydrogens is 410 g/mol. The summed E-state index contributed by atoms with van der Waals surface area (Å²) >= 11 is 1.30. The molecule has 0 bridgehead atoms. The molecule has 156 valence electrons. The highest BCUT2D eigenvalue weighted by Gasteiger charge is 2.25. The topological polar surface area (TPSA) is 61.2 Å². The normalized spacial score (nSPS) is 17.3. The Hall–Kier alpha value is -2.74. The van der Waals surface area contributed by atoms with E-state index in [1.54, 1.807) is 24.3 Å². The molecule has 3 aromatic rings. The molecule has 0 amide bonds. The Morgan fingerprint density at radius 2 is 1.80 bits per heavy atom. The van der Waals surface area contributed by atoms with E-state index in [0.717, 1.165) is 25.7 Å². The van der Waals surface area contributed by atoms with E-state index in [9.17, 15) is 18.4 Å². The summed E-state index contributed by atoms with van der Waals surface area (Å²) in [6, 6.07) is 12.9. The lowest BCUT2D eigenvalue weighted by Gasteiger charge is -2.17. The van der Waals surface area contributed by atoms with Crippen molar-refractivity contribution in [3.8, 4) is 11.4 Å². The molecule has 2 aromatic carbocycles. The van der Waals surface area contributed by atoms with Crippen molar-refractivity contribution in [1.82, 2.24) is 9.55 Å². The number of hydrogen-bond acceptors (Lipinski definition) is 5. The van der Waals surface area contributed by atoms with Crippen LogP contribution in [0.2, 0.25) is 0 Å². The van der Waals surface area contributed by atoms with Gasteiger partial charge >= 0.3 is 6.61 Å². The average molecular weight is 430 g/mol. The summed E-state index contributed by atoms with van der Waals surface area (Å²) in [5, 5.41) is 0.608. The van der Waals surface area contributed by atoms with Crippen LogP contribution in [0.1, 0.15) is 32.1 Å². The van der Waals surface area contributed by atoms with E-state index in [1.165, 1.54) is 40.6 Å². The highest BCUT2D eigenvalue weighted by molar-refractivity contribution is 8.00. The zero-order valence-electron chi connectivity index (χ0n) is 16.1. The van der Waals surface area contributed by atoms with E-state index < -0.39 is 6.61 Å². The summed E-state index contributed by atoms with van der Waals surface area (Å²) in [4.78, 5) is 30.5. The van der Waals surface area contributed by atoms with Gasteiger partial charge in [0.15, 0.2) is 5.16 Å². The Morgan fingerprint density at radius 1 is 1.03 bits per heavy atom. The molecule has 4 rings (SSSR count). The van der Waals surface area contributed by atoms with Crippen LogP contribution in [0.25, 0.3) is 16.6 Å². The second-order valence-corrected chi connectivity index (χ2v) is 8.27. The number of rotatable bonds is 5. The predicted molar refractivity (Wildman–Crippen MR) is 112 cm³/mol. The number of ketones is 1. The Morgan fingerprint density at radius 3 is 2.57 bits per heavy atom. The minimum atomic E-state index is -2.92. The standard InChI is InChI=1S/C22H20F2N2O3S/c23-21(24)29-15-12-10-14(11-13-15)26-20(28)16-6-4-5-7-17(16)25-22(26)30-19-9-3-1-2-8-18(19)27/h4-7,10-13,19,21H,1-3,8-9H2. The second-order valence-electron chi connectivity index (χ2n) is 7.10. The maximum Gasteiger partial charge on any atom is 0.387 e. The number of Topliss-reactive ketones (excluding diaryl/α,β-unsaturated/α-hetero) is 1. The number of fused-ring (bicyclic) bond motifs is 1. The lowest BCUT2D eigenvalue weighted by atomic mass is 10.2. The summed E-state index contributed by atoms with van der Waals surface area (Å²) in [6.45, 7) is -2.92. The lowest BCUT2D eigenvalue weighted by Crippen LogP contribution is -2.24. The SMILES string of the molecule is O=C1CCCCCC1Sc1nc2ccccc2c(=O)n1-c1ccc(OC(F)F)cc1. The summed E-state index contributed by atoms with van der Waals surface area (Å²) in [5.74, 6) is 0.177. The molecule has 1 aliphatic carbocycles. The van der Waals surface area contributed by atoms with Crippen molar-refractivity contribution in [1.29, 1.82) is 0 Å². The van der Waals surface area contributed by atoms with Gasteiger partial charge in [0.2, 0.25) is 0 Å². The molecule has 0 aliphatic heterocycles. The van der Waals surface area contributed by atoms with Gasteiger partial charge in [0, 0.05) is 6.42 Å². The predicted octanol–water partition coefficient (Wildman–Crippen LogP) is 4.98. The fraction of sp³-hybridized carbons (Fsp3) is 0.318. The van der Waals surface area contributed by atoms with E-state index in [0.29, 0.717) is 28.2 Å². The number of aromatic nitrogens is 2. The number of carbonyl (C=O) groups is 1. The third-order valence-electron chi connectivity index (χ3n) is 5.06. The van der Waals surface area contributed by atoms with Crippen molar-refractivity contribution in [2.75, 3.05) is 0 Å². The van der Waals surface area contributed by atoms with Crippen LogP contribution in [-0.2, 0) is 4.79 Å². The number of halogens is 2. The van der Waals surface area contributed by atoms with Crippen LogP contribution in [0, 0.1) is 0 Å². The first-order valence-electron chi connectivity index (χ1n) is 9.79. The molecule has 1 atom stereocenters. The third kappa shape index (κ3) is 4.38. The van der Waals surface area contributed by atoms with E-state index in [2.05, 4.69) is 9.72 Å². The Balaban J connectivity index is 1.80. The summed E-state index contributed by atoms with van der Waals surface area (Å²) in [6.07, 6.45) is 4.15. The lowest BCUT2D eigenvalue weighted by molar-refractivity contribution is -0.118. The molecule has 0 saturated heterocycles. The van der Waals surface area contributed by atoms with Gasteiger partial charge in [-0.1, -0.05) is 36.7 Å². The van der Waals surface area contributed by atoms with Crippen LogP contribution >= 0.6 is 11.8 Å². The first kappa shape index (κ1) is 20.5. The highest BCUT2D eigenvalue weighted by Crippen LogP contribution is 2.31. The van der Waals surface area contributed by atoms with E-state index in [-0.39, 0.29) is 22.3 Å². The van der Waals surface area contributed by atoms with Crippen molar-refractivity contribution in [2.45, 2.75) is 49.1 Å². The quantitative estimate of drug-likeness (QED) is 0.422. The second kappa shape index (κ2) is 8.95. The molecule has 1 heterocycles. The van der Waals surface area contributed by atoms with Crippen molar-refractivity contribution >= 4 is 28.4 Å². The van der Waals surface area contributed by atoms with Crippen LogP contribution in [0.4, 0.5) is 8.78 Å². The minimum absolute atomic E-state index is 0.00342. The first-order valence-corrected chi connectivity index (χ1v) is 10.7. The van der Waals surface area contributed by atoms with Gasteiger partial charge in [-0.2, -0.15) is 8.78 Å². The first-order chi connectivity index (χ1) is 14.5. The molecule has 0 N–H and O–H groups in total. The van der Waals surface area contributed by atoms with E-state index >= 15 is 0 Å². The van der Waals surface area contributed by atoms with Crippen LogP contribution in [0.5, 0.6) is 5.75 Å². The average Bonchev–Trinajstić information content (AvgIpc) is 2.93. The van der Waals surface area contributed by atoms with Crippen molar-refractivity contribution in [3.63, 3.8) is 0 Å². The number of benzene rings is 2. The monoisotopic (exact) mass is 430 g/mol. The van der Waals surface area contributed by atoms with Crippen molar-refractivity contribution in [2.24, 2.45) is 0 Å². The number of ether oxygens (including phenoxy) is 1.